The van der Waals surface area contributed by atoms with Crippen LogP contribution in [0, 0.1) is 0 Å². The van der Waals surface area contributed by atoms with Crippen molar-refractivity contribution in [3.05, 3.63) is 35.4 Å². The van der Waals surface area contributed by atoms with Crippen LogP contribution in [0.1, 0.15) is 17.5 Å². The third-order valence-electron chi connectivity index (χ3n) is 4.06. The lowest BCUT2D eigenvalue weighted by Gasteiger charge is -2.29. The molecule has 0 saturated carbocycles. The van der Waals surface area contributed by atoms with Crippen LogP contribution in [0.2, 0.25) is 0 Å². The summed E-state index contributed by atoms with van der Waals surface area (Å²) in [6, 6.07) is 3.97. The van der Waals surface area contributed by atoms with Gasteiger partial charge in [0.25, 0.3) is 0 Å². The Morgan fingerprint density at radius 1 is 1.29 bits per heavy atom. The van der Waals surface area contributed by atoms with Gasteiger partial charge in [0, 0.05) is 26.7 Å². The van der Waals surface area contributed by atoms with Crippen LogP contribution >= 0.6 is 0 Å². The topological polar surface area (TPSA) is 57.7 Å². The van der Waals surface area contributed by atoms with Gasteiger partial charge in [-0.25, -0.2) is 13.2 Å². The molecule has 24 heavy (non-hydrogen) atoms. The fourth-order valence-corrected chi connectivity index (χ4v) is 4.47. The van der Waals surface area contributed by atoms with E-state index in [-0.39, 0.29) is 18.1 Å². The standard InChI is InChI=1S/C15H19F3N2O3S/c1-19(9-11-4-3-5-12(8-11)15(16,17)18)14(21)20(2)13-6-7-24(22,23)10-13/h3-5,8,13H,6-7,9-10H2,1-2H3. The molecule has 1 heterocycles. The largest absolute Gasteiger partial charge is 0.416 e. The zero-order valence-electron chi connectivity index (χ0n) is 13.4. The molecule has 0 aromatic heterocycles. The monoisotopic (exact) mass is 364 g/mol. The molecule has 9 heteroatoms. The number of alkyl halides is 3. The van der Waals surface area contributed by atoms with Gasteiger partial charge >= 0.3 is 12.2 Å². The lowest BCUT2D eigenvalue weighted by Crippen LogP contribution is -2.44. The lowest BCUT2D eigenvalue weighted by molar-refractivity contribution is -0.137. The predicted molar refractivity (Wildman–Crippen MR) is 83.1 cm³/mol. The van der Waals surface area contributed by atoms with Crippen molar-refractivity contribution in [1.29, 1.82) is 0 Å². The summed E-state index contributed by atoms with van der Waals surface area (Å²) >= 11 is 0. The average Bonchev–Trinajstić information content (AvgIpc) is 2.85. The van der Waals surface area contributed by atoms with E-state index in [1.54, 1.807) is 0 Å². The third kappa shape index (κ3) is 4.40. The molecule has 1 atom stereocenters. The van der Waals surface area contributed by atoms with Crippen LogP contribution in [-0.4, -0.2) is 55.9 Å². The van der Waals surface area contributed by atoms with E-state index in [4.69, 9.17) is 0 Å². The highest BCUT2D eigenvalue weighted by molar-refractivity contribution is 7.91. The van der Waals surface area contributed by atoms with Crippen molar-refractivity contribution in [3.63, 3.8) is 0 Å². The van der Waals surface area contributed by atoms with Crippen molar-refractivity contribution in [3.8, 4) is 0 Å². The molecule has 2 amide bonds. The van der Waals surface area contributed by atoms with Gasteiger partial charge in [-0.05, 0) is 24.1 Å². The number of sulfone groups is 1. The molecule has 1 aromatic carbocycles. The molecular formula is C15H19F3N2O3S. The minimum atomic E-state index is -4.44. The zero-order chi connectivity index (χ0) is 18.1. The summed E-state index contributed by atoms with van der Waals surface area (Å²) in [6.07, 6.45) is -4.06. The van der Waals surface area contributed by atoms with Gasteiger partial charge in [-0.1, -0.05) is 12.1 Å². The first kappa shape index (κ1) is 18.6. The molecule has 1 fully saturated rings. The van der Waals surface area contributed by atoms with E-state index in [1.807, 2.05) is 0 Å². The van der Waals surface area contributed by atoms with Gasteiger partial charge in [-0.2, -0.15) is 13.2 Å². The van der Waals surface area contributed by atoms with Gasteiger partial charge < -0.3 is 9.80 Å². The lowest BCUT2D eigenvalue weighted by atomic mass is 10.1. The second-order valence-electron chi connectivity index (χ2n) is 6.00. The number of carbonyl (C=O) groups is 1. The second kappa shape index (κ2) is 6.62. The molecule has 0 radical (unpaired) electrons. The summed E-state index contributed by atoms with van der Waals surface area (Å²) in [5.74, 6) is -0.0285. The summed E-state index contributed by atoms with van der Waals surface area (Å²) in [6.45, 7) is 0.00651. The smallest absolute Gasteiger partial charge is 0.324 e. The normalized spacial score (nSPS) is 20.0. The minimum Gasteiger partial charge on any atom is -0.324 e. The third-order valence-corrected chi connectivity index (χ3v) is 5.81. The van der Waals surface area contributed by atoms with Gasteiger partial charge in [-0.15, -0.1) is 0 Å². The van der Waals surface area contributed by atoms with E-state index in [0.29, 0.717) is 12.0 Å². The van der Waals surface area contributed by atoms with E-state index in [2.05, 4.69) is 0 Å². The SMILES string of the molecule is CN(Cc1cccc(C(F)(F)F)c1)C(=O)N(C)C1CCS(=O)(=O)C1. The predicted octanol–water partition coefficient (Wildman–Crippen LogP) is 2.38. The van der Waals surface area contributed by atoms with Crippen LogP contribution in [-0.2, 0) is 22.6 Å². The van der Waals surface area contributed by atoms with Gasteiger partial charge in [-0.3, -0.25) is 0 Å². The van der Waals surface area contributed by atoms with E-state index in [9.17, 15) is 26.4 Å². The molecule has 1 saturated heterocycles. The number of urea groups is 1. The summed E-state index contributed by atoms with van der Waals surface area (Å²) in [5.41, 5.74) is -0.413. The highest BCUT2D eigenvalue weighted by atomic mass is 32.2. The van der Waals surface area contributed by atoms with Crippen LogP contribution in [0.5, 0.6) is 0 Å². The van der Waals surface area contributed by atoms with E-state index in [0.717, 1.165) is 12.1 Å². The molecule has 0 N–H and O–H groups in total. The van der Waals surface area contributed by atoms with Crippen LogP contribution in [0.25, 0.3) is 0 Å². The molecular weight excluding hydrogens is 345 g/mol. The van der Waals surface area contributed by atoms with Gasteiger partial charge in [0.2, 0.25) is 0 Å². The van der Waals surface area contributed by atoms with Crippen LogP contribution in [0.4, 0.5) is 18.0 Å². The van der Waals surface area contributed by atoms with Crippen LogP contribution in [0.3, 0.4) is 0 Å². The Kier molecular flexibility index (Phi) is 5.12. The van der Waals surface area contributed by atoms with E-state index in [1.165, 1.54) is 36.0 Å². The molecule has 1 unspecified atom stereocenters. The number of carbonyl (C=O) groups excluding carboxylic acids is 1. The number of rotatable bonds is 3. The molecule has 0 bridgehead atoms. The Hall–Kier alpha value is -1.77. The zero-order valence-corrected chi connectivity index (χ0v) is 14.2. The highest BCUT2D eigenvalue weighted by Crippen LogP contribution is 2.29. The van der Waals surface area contributed by atoms with Gasteiger partial charge in [0.15, 0.2) is 9.84 Å². The van der Waals surface area contributed by atoms with Crippen molar-refractivity contribution < 1.29 is 26.4 Å². The maximum Gasteiger partial charge on any atom is 0.416 e. The van der Waals surface area contributed by atoms with Crippen molar-refractivity contribution in [2.75, 3.05) is 25.6 Å². The molecule has 1 aromatic rings. The Morgan fingerprint density at radius 2 is 1.96 bits per heavy atom. The van der Waals surface area contributed by atoms with Gasteiger partial charge in [0.1, 0.15) is 0 Å². The molecule has 0 aliphatic carbocycles. The highest BCUT2D eigenvalue weighted by Gasteiger charge is 2.34. The summed E-state index contributed by atoms with van der Waals surface area (Å²) in [7, 11) is -0.133. The number of benzene rings is 1. The van der Waals surface area contributed by atoms with Crippen molar-refractivity contribution in [2.45, 2.75) is 25.2 Å². The molecule has 1 aliphatic heterocycles. The van der Waals surface area contributed by atoms with E-state index >= 15 is 0 Å². The summed E-state index contributed by atoms with van der Waals surface area (Å²) in [5, 5.41) is 0. The summed E-state index contributed by atoms with van der Waals surface area (Å²) < 4.78 is 61.2. The summed E-state index contributed by atoms with van der Waals surface area (Å²) in [4.78, 5) is 15.0. The minimum absolute atomic E-state index is 0.00651. The number of hydrogen-bond donors (Lipinski definition) is 0. The Morgan fingerprint density at radius 3 is 2.50 bits per heavy atom. The maximum atomic E-state index is 12.7. The van der Waals surface area contributed by atoms with Crippen molar-refractivity contribution >= 4 is 15.9 Å². The first-order valence-corrected chi connectivity index (χ1v) is 9.16. The van der Waals surface area contributed by atoms with Crippen molar-refractivity contribution in [2.24, 2.45) is 0 Å². The number of nitrogens with zero attached hydrogens (tertiary/aromatic N) is 2. The molecule has 5 nitrogen and oxygen atoms in total. The molecule has 1 aliphatic rings. The van der Waals surface area contributed by atoms with Crippen LogP contribution in [0.15, 0.2) is 24.3 Å². The number of halogens is 3. The Balaban J connectivity index is 2.04. The Bertz CT molecular complexity index is 719. The molecule has 0 spiro atoms. The fraction of sp³-hybridized carbons (Fsp3) is 0.533. The van der Waals surface area contributed by atoms with Crippen molar-refractivity contribution in [1.82, 2.24) is 9.80 Å². The fourth-order valence-electron chi connectivity index (χ4n) is 2.69. The number of hydrogen-bond acceptors (Lipinski definition) is 3. The first-order valence-electron chi connectivity index (χ1n) is 7.34. The maximum absolute atomic E-state index is 12.7. The Labute approximate surface area is 139 Å². The quantitative estimate of drug-likeness (QED) is 0.827. The first-order chi connectivity index (χ1) is 11.0. The average molecular weight is 364 g/mol. The second-order valence-corrected chi connectivity index (χ2v) is 8.23. The molecule has 134 valence electrons. The molecule has 2 rings (SSSR count). The van der Waals surface area contributed by atoms with Crippen LogP contribution < -0.4 is 0 Å². The van der Waals surface area contributed by atoms with E-state index < -0.39 is 33.6 Å². The van der Waals surface area contributed by atoms with Gasteiger partial charge in [0.05, 0.1) is 17.1 Å². The number of amides is 2.